The van der Waals surface area contributed by atoms with Crippen LogP contribution in [0.3, 0.4) is 0 Å². The quantitative estimate of drug-likeness (QED) is 0.815. The van der Waals surface area contributed by atoms with E-state index >= 15 is 0 Å². The molecule has 2 atom stereocenters. The van der Waals surface area contributed by atoms with Gasteiger partial charge in [-0.05, 0) is 55.3 Å². The summed E-state index contributed by atoms with van der Waals surface area (Å²) in [5, 5.41) is 0. The number of benzene rings is 1. The highest BCUT2D eigenvalue weighted by Gasteiger charge is 2.43. The molecule has 3 heteroatoms. The standard InChI is InChI=1S/C16H21NO2/c1-18-13-9-11-6-8-17-7-5-10-3-4-12(16(13)19-2)14(11)15(10)17/h9-10,15H,3-8H2,1-2H3. The van der Waals surface area contributed by atoms with Crippen LogP contribution in [0.25, 0.3) is 0 Å². The number of nitrogens with zero attached hydrogens (tertiary/aromatic N) is 1. The van der Waals surface area contributed by atoms with Gasteiger partial charge in [-0.3, -0.25) is 4.90 Å². The van der Waals surface area contributed by atoms with Crippen LogP contribution in [-0.4, -0.2) is 32.2 Å². The third-order valence-electron chi connectivity index (χ3n) is 5.25. The second kappa shape index (κ2) is 4.14. The van der Waals surface area contributed by atoms with Crippen LogP contribution in [0.1, 0.15) is 35.6 Å². The number of methoxy groups -OCH3 is 2. The third-order valence-corrected chi connectivity index (χ3v) is 5.25. The largest absolute Gasteiger partial charge is 0.493 e. The second-order valence-electron chi connectivity index (χ2n) is 5.98. The smallest absolute Gasteiger partial charge is 0.164 e. The summed E-state index contributed by atoms with van der Waals surface area (Å²) in [5.74, 6) is 2.76. The second-order valence-corrected chi connectivity index (χ2v) is 5.98. The topological polar surface area (TPSA) is 21.7 Å². The van der Waals surface area contributed by atoms with Crippen molar-refractivity contribution in [2.24, 2.45) is 5.92 Å². The molecule has 1 aliphatic carbocycles. The van der Waals surface area contributed by atoms with Crippen molar-refractivity contribution in [2.45, 2.75) is 31.7 Å². The summed E-state index contributed by atoms with van der Waals surface area (Å²) in [6, 6.07) is 2.88. The van der Waals surface area contributed by atoms with Gasteiger partial charge in [0.1, 0.15) is 0 Å². The van der Waals surface area contributed by atoms with Crippen LogP contribution < -0.4 is 9.47 Å². The van der Waals surface area contributed by atoms with Crippen LogP contribution in [-0.2, 0) is 12.8 Å². The molecule has 2 heterocycles. The highest BCUT2D eigenvalue weighted by Crippen LogP contribution is 2.52. The predicted octanol–water partition coefficient (Wildman–Crippen LogP) is 2.57. The van der Waals surface area contributed by atoms with E-state index in [0.717, 1.165) is 30.3 Å². The van der Waals surface area contributed by atoms with Crippen molar-refractivity contribution in [3.63, 3.8) is 0 Å². The van der Waals surface area contributed by atoms with E-state index in [-0.39, 0.29) is 0 Å². The minimum Gasteiger partial charge on any atom is -0.493 e. The minimum absolute atomic E-state index is 0.660. The molecular weight excluding hydrogens is 238 g/mol. The zero-order chi connectivity index (χ0) is 13.0. The van der Waals surface area contributed by atoms with Gasteiger partial charge in [0.2, 0.25) is 0 Å². The molecule has 1 aromatic rings. The molecule has 19 heavy (non-hydrogen) atoms. The van der Waals surface area contributed by atoms with Crippen LogP contribution >= 0.6 is 0 Å². The molecule has 4 rings (SSSR count). The van der Waals surface area contributed by atoms with Crippen molar-refractivity contribution in [1.29, 1.82) is 0 Å². The maximum Gasteiger partial charge on any atom is 0.164 e. The van der Waals surface area contributed by atoms with E-state index < -0.39 is 0 Å². The van der Waals surface area contributed by atoms with Crippen LogP contribution in [0.15, 0.2) is 6.07 Å². The van der Waals surface area contributed by atoms with E-state index in [1.165, 1.54) is 37.1 Å². The molecular formula is C16H21NO2. The lowest BCUT2D eigenvalue weighted by molar-refractivity contribution is 0.198. The zero-order valence-electron chi connectivity index (χ0n) is 11.7. The van der Waals surface area contributed by atoms with Gasteiger partial charge >= 0.3 is 0 Å². The Labute approximate surface area is 114 Å². The average molecular weight is 259 g/mol. The van der Waals surface area contributed by atoms with E-state index in [1.807, 2.05) is 0 Å². The van der Waals surface area contributed by atoms with Gasteiger partial charge in [-0.1, -0.05) is 0 Å². The lowest BCUT2D eigenvalue weighted by atomic mass is 9.75. The fraction of sp³-hybridized carbons (Fsp3) is 0.625. The van der Waals surface area contributed by atoms with E-state index in [2.05, 4.69) is 11.0 Å². The molecule has 1 fully saturated rings. The number of ether oxygens (including phenoxy) is 2. The molecule has 3 aliphatic rings. The lowest BCUT2D eigenvalue weighted by Crippen LogP contribution is -2.35. The number of rotatable bonds is 2. The molecule has 0 radical (unpaired) electrons. The molecule has 0 aromatic heterocycles. The fourth-order valence-corrected chi connectivity index (χ4v) is 4.46. The summed E-state index contributed by atoms with van der Waals surface area (Å²) in [7, 11) is 3.51. The molecule has 102 valence electrons. The molecule has 0 bridgehead atoms. The molecule has 0 N–H and O–H groups in total. The Morgan fingerprint density at radius 1 is 1.11 bits per heavy atom. The van der Waals surface area contributed by atoms with Crippen LogP contribution in [0.4, 0.5) is 0 Å². The van der Waals surface area contributed by atoms with Gasteiger partial charge in [-0.15, -0.1) is 0 Å². The first-order chi connectivity index (χ1) is 9.33. The Kier molecular flexibility index (Phi) is 2.52. The maximum absolute atomic E-state index is 5.65. The molecule has 2 aliphatic heterocycles. The first-order valence-electron chi connectivity index (χ1n) is 7.34. The third kappa shape index (κ3) is 1.48. The van der Waals surface area contributed by atoms with Crippen molar-refractivity contribution in [3.05, 3.63) is 22.8 Å². The summed E-state index contributed by atoms with van der Waals surface area (Å²) in [6.07, 6.45) is 4.98. The molecule has 0 saturated carbocycles. The highest BCUT2D eigenvalue weighted by atomic mass is 16.5. The summed E-state index contributed by atoms with van der Waals surface area (Å²) in [5.41, 5.74) is 4.50. The van der Waals surface area contributed by atoms with Gasteiger partial charge in [0.15, 0.2) is 11.5 Å². The van der Waals surface area contributed by atoms with Gasteiger partial charge in [0.05, 0.1) is 14.2 Å². The fourth-order valence-electron chi connectivity index (χ4n) is 4.46. The molecule has 0 amide bonds. The monoisotopic (exact) mass is 259 g/mol. The SMILES string of the molecule is COc1cc2c3c(c1OC)CCC1CCN(CC2)C31. The van der Waals surface area contributed by atoms with E-state index in [1.54, 1.807) is 19.8 Å². The first-order valence-corrected chi connectivity index (χ1v) is 7.34. The summed E-state index contributed by atoms with van der Waals surface area (Å²) < 4.78 is 11.2. The molecule has 1 aromatic carbocycles. The van der Waals surface area contributed by atoms with E-state index in [0.29, 0.717) is 6.04 Å². The van der Waals surface area contributed by atoms with Gasteiger partial charge in [0.25, 0.3) is 0 Å². The predicted molar refractivity (Wildman–Crippen MR) is 74.0 cm³/mol. The Morgan fingerprint density at radius 3 is 2.79 bits per heavy atom. The maximum atomic E-state index is 5.65. The van der Waals surface area contributed by atoms with Crippen LogP contribution in [0.5, 0.6) is 11.5 Å². The summed E-state index contributed by atoms with van der Waals surface area (Å²) >= 11 is 0. The molecule has 2 unspecified atom stereocenters. The molecule has 0 spiro atoms. The van der Waals surface area contributed by atoms with Gasteiger partial charge in [0, 0.05) is 18.2 Å². The van der Waals surface area contributed by atoms with Crippen molar-refractivity contribution < 1.29 is 9.47 Å². The first kappa shape index (κ1) is 11.6. The normalized spacial score (nSPS) is 28.1. The summed E-state index contributed by atoms with van der Waals surface area (Å²) in [4.78, 5) is 2.68. The summed E-state index contributed by atoms with van der Waals surface area (Å²) in [6.45, 7) is 2.49. The van der Waals surface area contributed by atoms with Crippen molar-refractivity contribution >= 4 is 0 Å². The Balaban J connectivity index is 1.95. The van der Waals surface area contributed by atoms with Gasteiger partial charge in [-0.25, -0.2) is 0 Å². The average Bonchev–Trinajstić information content (AvgIpc) is 2.88. The minimum atomic E-state index is 0.660. The van der Waals surface area contributed by atoms with Crippen molar-refractivity contribution in [3.8, 4) is 11.5 Å². The van der Waals surface area contributed by atoms with E-state index in [9.17, 15) is 0 Å². The van der Waals surface area contributed by atoms with Crippen LogP contribution in [0, 0.1) is 5.92 Å². The van der Waals surface area contributed by atoms with Gasteiger partial charge < -0.3 is 9.47 Å². The Hall–Kier alpha value is -1.22. The molecule has 1 saturated heterocycles. The number of hydrogen-bond acceptors (Lipinski definition) is 3. The van der Waals surface area contributed by atoms with Gasteiger partial charge in [-0.2, -0.15) is 0 Å². The zero-order valence-corrected chi connectivity index (χ0v) is 11.7. The number of hydrogen-bond donors (Lipinski definition) is 0. The Morgan fingerprint density at radius 2 is 2.00 bits per heavy atom. The molecule has 3 nitrogen and oxygen atoms in total. The van der Waals surface area contributed by atoms with Crippen molar-refractivity contribution in [1.82, 2.24) is 4.90 Å². The van der Waals surface area contributed by atoms with Crippen molar-refractivity contribution in [2.75, 3.05) is 27.3 Å². The van der Waals surface area contributed by atoms with E-state index in [4.69, 9.17) is 9.47 Å². The lowest BCUT2D eigenvalue weighted by Gasteiger charge is -2.40. The Bertz CT molecular complexity index is 520. The highest BCUT2D eigenvalue weighted by molar-refractivity contribution is 5.57. The van der Waals surface area contributed by atoms with Crippen LogP contribution in [0.2, 0.25) is 0 Å².